The van der Waals surface area contributed by atoms with Crippen LogP contribution in [0.3, 0.4) is 0 Å². The van der Waals surface area contributed by atoms with E-state index in [4.69, 9.17) is 5.14 Å². The third kappa shape index (κ3) is 3.72. The van der Waals surface area contributed by atoms with Gasteiger partial charge in [0.2, 0.25) is 10.0 Å². The van der Waals surface area contributed by atoms with Crippen molar-refractivity contribution in [3.05, 3.63) is 23.8 Å². The molecule has 24 heavy (non-hydrogen) atoms. The minimum atomic E-state index is -3.79. The van der Waals surface area contributed by atoms with Crippen LogP contribution in [0.4, 0.5) is 5.69 Å². The van der Waals surface area contributed by atoms with Gasteiger partial charge in [-0.25, -0.2) is 13.6 Å². The number of likely N-dealkylation sites (tertiary alicyclic amines) is 1. The van der Waals surface area contributed by atoms with Gasteiger partial charge in [0.25, 0.3) is 0 Å². The summed E-state index contributed by atoms with van der Waals surface area (Å²) in [7, 11) is -3.79. The van der Waals surface area contributed by atoms with Gasteiger partial charge in [-0.15, -0.1) is 0 Å². The van der Waals surface area contributed by atoms with E-state index in [-0.39, 0.29) is 4.90 Å². The van der Waals surface area contributed by atoms with Gasteiger partial charge >= 0.3 is 0 Å². The number of anilines is 1. The van der Waals surface area contributed by atoms with E-state index in [0.717, 1.165) is 38.3 Å². The lowest BCUT2D eigenvalue weighted by atomic mass is 10.1. The fraction of sp³-hybridized carbons (Fsp3) is 0.588. The molecule has 1 aromatic rings. The molecule has 2 fully saturated rings. The standard InChI is InChI=1S/C17H24N4O2S/c18-12-14-11-16(24(19,22)23)6-7-17(14)21-10-2-1-5-15(13-21)20-8-3-4-9-20/h6-7,11,15H,1-5,8-10,13H2,(H2,19,22,23)/t15-/m1/s1. The summed E-state index contributed by atoms with van der Waals surface area (Å²) in [4.78, 5) is 4.79. The van der Waals surface area contributed by atoms with Crippen LogP contribution in [0, 0.1) is 11.3 Å². The SMILES string of the molecule is N#Cc1cc(S(N)(=O)=O)ccc1N1CCCC[C@@H](N2CCCC2)C1. The molecule has 3 rings (SSSR count). The van der Waals surface area contributed by atoms with Crippen LogP contribution in [-0.2, 0) is 10.0 Å². The predicted molar refractivity (Wildman–Crippen MR) is 93.2 cm³/mol. The molecule has 130 valence electrons. The van der Waals surface area contributed by atoms with E-state index in [0.29, 0.717) is 11.6 Å². The Kier molecular flexibility index (Phi) is 5.09. The Morgan fingerprint density at radius 2 is 1.83 bits per heavy atom. The van der Waals surface area contributed by atoms with Crippen molar-refractivity contribution < 1.29 is 8.42 Å². The van der Waals surface area contributed by atoms with Crippen LogP contribution in [0.1, 0.15) is 37.7 Å². The van der Waals surface area contributed by atoms with E-state index in [1.165, 1.54) is 37.8 Å². The normalized spacial score (nSPS) is 23.0. The number of hydrogen-bond acceptors (Lipinski definition) is 5. The predicted octanol–water partition coefficient (Wildman–Crippen LogP) is 1.66. The van der Waals surface area contributed by atoms with E-state index in [1.54, 1.807) is 6.07 Å². The highest BCUT2D eigenvalue weighted by atomic mass is 32.2. The Hall–Kier alpha value is -1.62. The Labute approximate surface area is 143 Å². The molecule has 0 saturated carbocycles. The molecule has 7 heteroatoms. The number of nitrogens with two attached hydrogens (primary N) is 1. The van der Waals surface area contributed by atoms with Crippen LogP contribution < -0.4 is 10.0 Å². The summed E-state index contributed by atoms with van der Waals surface area (Å²) in [5.41, 5.74) is 1.19. The Morgan fingerprint density at radius 1 is 1.12 bits per heavy atom. The second kappa shape index (κ2) is 7.09. The quantitative estimate of drug-likeness (QED) is 0.897. The van der Waals surface area contributed by atoms with Gasteiger partial charge in [0.15, 0.2) is 0 Å². The molecule has 0 aromatic heterocycles. The van der Waals surface area contributed by atoms with Crippen molar-refractivity contribution in [1.29, 1.82) is 5.26 Å². The highest BCUT2D eigenvalue weighted by Gasteiger charge is 2.27. The van der Waals surface area contributed by atoms with Gasteiger partial charge in [-0.2, -0.15) is 5.26 Å². The van der Waals surface area contributed by atoms with Crippen molar-refractivity contribution in [2.45, 2.75) is 43.0 Å². The number of nitriles is 1. The van der Waals surface area contributed by atoms with Crippen molar-refractivity contribution in [2.24, 2.45) is 5.14 Å². The van der Waals surface area contributed by atoms with E-state index >= 15 is 0 Å². The number of hydrogen-bond donors (Lipinski definition) is 1. The molecule has 1 atom stereocenters. The molecule has 2 aliphatic heterocycles. The van der Waals surface area contributed by atoms with E-state index in [2.05, 4.69) is 15.9 Å². The lowest BCUT2D eigenvalue weighted by Crippen LogP contribution is -2.41. The first kappa shape index (κ1) is 17.2. The molecule has 2 aliphatic rings. The third-order valence-electron chi connectivity index (χ3n) is 5.06. The van der Waals surface area contributed by atoms with Gasteiger partial charge in [0.1, 0.15) is 6.07 Å². The zero-order valence-corrected chi connectivity index (χ0v) is 14.6. The molecule has 2 N–H and O–H groups in total. The van der Waals surface area contributed by atoms with Crippen molar-refractivity contribution >= 4 is 15.7 Å². The second-order valence-corrected chi connectivity index (χ2v) is 8.24. The maximum Gasteiger partial charge on any atom is 0.238 e. The summed E-state index contributed by atoms with van der Waals surface area (Å²) in [5.74, 6) is 0. The first-order valence-electron chi connectivity index (χ1n) is 8.55. The summed E-state index contributed by atoms with van der Waals surface area (Å²) in [6.45, 7) is 4.11. The largest absolute Gasteiger partial charge is 0.369 e. The van der Waals surface area contributed by atoms with Crippen LogP contribution in [0.25, 0.3) is 0 Å². The highest BCUT2D eigenvalue weighted by molar-refractivity contribution is 7.89. The second-order valence-electron chi connectivity index (χ2n) is 6.67. The molecule has 0 bridgehead atoms. The molecule has 0 radical (unpaired) electrons. The van der Waals surface area contributed by atoms with Crippen LogP contribution >= 0.6 is 0 Å². The Balaban J connectivity index is 1.87. The minimum absolute atomic E-state index is 0.00582. The van der Waals surface area contributed by atoms with Gasteiger partial charge in [0.05, 0.1) is 16.1 Å². The molecular weight excluding hydrogens is 324 g/mol. The molecule has 0 aliphatic carbocycles. The summed E-state index contributed by atoms with van der Waals surface area (Å²) < 4.78 is 23.0. The lowest BCUT2D eigenvalue weighted by Gasteiger charge is -2.32. The average Bonchev–Trinajstić information content (AvgIpc) is 2.98. The molecule has 0 spiro atoms. The van der Waals surface area contributed by atoms with E-state index < -0.39 is 10.0 Å². The van der Waals surface area contributed by atoms with Crippen molar-refractivity contribution in [1.82, 2.24) is 4.90 Å². The molecule has 0 amide bonds. The van der Waals surface area contributed by atoms with Crippen molar-refractivity contribution in [2.75, 3.05) is 31.1 Å². The average molecular weight is 348 g/mol. The van der Waals surface area contributed by atoms with E-state index in [9.17, 15) is 13.7 Å². The van der Waals surface area contributed by atoms with Gasteiger partial charge in [-0.1, -0.05) is 6.42 Å². The number of sulfonamides is 1. The molecule has 1 aromatic carbocycles. The maximum absolute atomic E-state index is 11.5. The Bertz CT molecular complexity index is 735. The number of rotatable bonds is 3. The fourth-order valence-electron chi connectivity index (χ4n) is 3.80. The molecular formula is C17H24N4O2S. The fourth-order valence-corrected chi connectivity index (χ4v) is 4.34. The van der Waals surface area contributed by atoms with Gasteiger partial charge in [0, 0.05) is 19.1 Å². The number of nitrogens with zero attached hydrogens (tertiary/aromatic N) is 3. The van der Waals surface area contributed by atoms with Crippen LogP contribution in [-0.4, -0.2) is 45.5 Å². The number of benzene rings is 1. The van der Waals surface area contributed by atoms with Gasteiger partial charge in [-0.3, -0.25) is 4.90 Å². The smallest absolute Gasteiger partial charge is 0.238 e. The van der Waals surface area contributed by atoms with E-state index in [1.807, 2.05) is 0 Å². The third-order valence-corrected chi connectivity index (χ3v) is 5.97. The molecule has 2 saturated heterocycles. The van der Waals surface area contributed by atoms with Crippen molar-refractivity contribution in [3.8, 4) is 6.07 Å². The van der Waals surface area contributed by atoms with Gasteiger partial charge < -0.3 is 4.90 Å². The molecule has 2 heterocycles. The zero-order valence-electron chi connectivity index (χ0n) is 13.8. The first-order chi connectivity index (χ1) is 11.5. The van der Waals surface area contributed by atoms with Crippen molar-refractivity contribution in [3.63, 3.8) is 0 Å². The lowest BCUT2D eigenvalue weighted by molar-refractivity contribution is 0.236. The summed E-state index contributed by atoms with van der Waals surface area (Å²) in [5, 5.41) is 14.6. The zero-order chi connectivity index (χ0) is 17.2. The number of primary sulfonamides is 1. The highest BCUT2D eigenvalue weighted by Crippen LogP contribution is 2.28. The van der Waals surface area contributed by atoms with Gasteiger partial charge in [-0.05, 0) is 57.0 Å². The Morgan fingerprint density at radius 3 is 2.50 bits per heavy atom. The van der Waals surface area contributed by atoms with Crippen LogP contribution in [0.5, 0.6) is 0 Å². The van der Waals surface area contributed by atoms with Crippen LogP contribution in [0.2, 0.25) is 0 Å². The summed E-state index contributed by atoms with van der Waals surface area (Å²) >= 11 is 0. The molecule has 0 unspecified atom stereocenters. The maximum atomic E-state index is 11.5. The van der Waals surface area contributed by atoms with Crippen LogP contribution in [0.15, 0.2) is 23.1 Å². The molecule has 6 nitrogen and oxygen atoms in total. The first-order valence-corrected chi connectivity index (χ1v) is 10.1. The minimum Gasteiger partial charge on any atom is -0.369 e. The monoisotopic (exact) mass is 348 g/mol. The summed E-state index contributed by atoms with van der Waals surface area (Å²) in [6, 6.07) is 7.27. The topological polar surface area (TPSA) is 90.4 Å². The summed E-state index contributed by atoms with van der Waals surface area (Å²) in [6.07, 6.45) is 6.00.